The molecule has 9 heteroatoms. The van der Waals surface area contributed by atoms with Gasteiger partial charge in [0.25, 0.3) is 0 Å². The van der Waals surface area contributed by atoms with E-state index in [-0.39, 0.29) is 41.3 Å². The van der Waals surface area contributed by atoms with Gasteiger partial charge in [-0.3, -0.25) is 4.99 Å². The Morgan fingerprint density at radius 3 is 2.27 bits per heavy atom. The lowest BCUT2D eigenvalue weighted by Crippen LogP contribution is -2.38. The molecule has 5 nitrogen and oxygen atoms in total. The number of hydrogen-bond acceptors (Lipinski definition) is 4. The third kappa shape index (κ3) is 11.2. The molecule has 0 heterocycles. The molecule has 2 rings (SSSR count). The van der Waals surface area contributed by atoms with Crippen LogP contribution in [-0.4, -0.2) is 46.0 Å². The lowest BCUT2D eigenvalue weighted by molar-refractivity contribution is 0.591. The Morgan fingerprint density at radius 1 is 1.00 bits per heavy atom. The second-order valence-electron chi connectivity index (χ2n) is 6.51. The molecule has 0 radical (unpaired) electrons. The van der Waals surface area contributed by atoms with Crippen molar-refractivity contribution < 1.29 is 12.8 Å². The van der Waals surface area contributed by atoms with Gasteiger partial charge in [-0.15, -0.1) is 35.7 Å². The van der Waals surface area contributed by atoms with Gasteiger partial charge in [-0.1, -0.05) is 30.3 Å². The summed E-state index contributed by atoms with van der Waals surface area (Å²) in [5.41, 5.74) is 0.816. The van der Waals surface area contributed by atoms with Crippen LogP contribution in [0.25, 0.3) is 0 Å². The van der Waals surface area contributed by atoms with Crippen LogP contribution in [0.4, 0.5) is 4.39 Å². The lowest BCUT2D eigenvalue weighted by atomic mass is 10.2. The highest BCUT2D eigenvalue weighted by Gasteiger charge is 2.11. The third-order valence-electron chi connectivity index (χ3n) is 4.07. The molecule has 2 aromatic rings. The molecule has 0 aromatic heterocycles. The van der Waals surface area contributed by atoms with E-state index in [1.807, 2.05) is 30.3 Å². The Kier molecular flexibility index (Phi) is 13.0. The van der Waals surface area contributed by atoms with Crippen LogP contribution in [-0.2, 0) is 15.6 Å². The number of benzene rings is 2. The van der Waals surface area contributed by atoms with Crippen molar-refractivity contribution in [2.75, 3.05) is 31.6 Å². The first kappa shape index (κ1) is 26.7. The first-order valence-corrected chi connectivity index (χ1v) is 12.4. The lowest BCUT2D eigenvalue weighted by Gasteiger charge is -2.12. The number of nitrogens with zero attached hydrogens (tertiary/aromatic N) is 1. The Balaban J connectivity index is 0.00000450. The number of guanidine groups is 1. The van der Waals surface area contributed by atoms with E-state index in [1.54, 1.807) is 30.9 Å². The maximum absolute atomic E-state index is 12.9. The molecule has 0 bridgehead atoms. The average Bonchev–Trinajstić information content (AvgIpc) is 2.71. The predicted octanol–water partition coefficient (Wildman–Crippen LogP) is 4.10. The first-order chi connectivity index (χ1) is 14.0. The number of rotatable bonds is 11. The van der Waals surface area contributed by atoms with E-state index in [2.05, 4.69) is 15.6 Å². The molecular formula is C21H29FIN3O2S2. The first-order valence-electron chi connectivity index (χ1n) is 9.56. The van der Waals surface area contributed by atoms with Crippen molar-refractivity contribution in [3.05, 3.63) is 66.0 Å². The zero-order valence-corrected chi connectivity index (χ0v) is 21.0. The molecule has 0 atom stereocenters. The van der Waals surface area contributed by atoms with Crippen molar-refractivity contribution in [3.63, 3.8) is 0 Å². The van der Waals surface area contributed by atoms with Gasteiger partial charge in [0.2, 0.25) is 0 Å². The van der Waals surface area contributed by atoms with Crippen LogP contribution in [0.1, 0.15) is 18.4 Å². The van der Waals surface area contributed by atoms with Gasteiger partial charge >= 0.3 is 0 Å². The van der Waals surface area contributed by atoms with Gasteiger partial charge in [0.1, 0.15) is 5.82 Å². The standard InChI is InChI=1S/C21H28FN3O2S2.HI/c1-23-21(24-13-5-15-28-20-11-9-19(22)10-12-20)25-14-6-16-29(26,27)17-18-7-3-2-4-8-18;/h2-4,7-12H,5-6,13-17H2,1H3,(H2,23,24,25);1H. The van der Waals surface area contributed by atoms with Crippen LogP contribution in [0.5, 0.6) is 0 Å². The van der Waals surface area contributed by atoms with Crippen LogP contribution in [0, 0.1) is 5.82 Å². The molecule has 2 N–H and O–H groups in total. The zero-order chi connectivity index (χ0) is 21.0. The minimum Gasteiger partial charge on any atom is -0.356 e. The topological polar surface area (TPSA) is 70.6 Å². The van der Waals surface area contributed by atoms with Crippen molar-refractivity contribution in [2.24, 2.45) is 4.99 Å². The average molecular weight is 566 g/mol. The number of hydrogen-bond donors (Lipinski definition) is 2. The fourth-order valence-corrected chi connectivity index (χ4v) is 4.90. The maximum atomic E-state index is 12.9. The second-order valence-corrected chi connectivity index (χ2v) is 9.87. The van der Waals surface area contributed by atoms with Crippen molar-refractivity contribution in [1.29, 1.82) is 0 Å². The van der Waals surface area contributed by atoms with E-state index in [9.17, 15) is 12.8 Å². The van der Waals surface area contributed by atoms with Gasteiger partial charge in [0, 0.05) is 25.0 Å². The van der Waals surface area contributed by atoms with Gasteiger partial charge in [0.05, 0.1) is 11.5 Å². The van der Waals surface area contributed by atoms with E-state index in [0.717, 1.165) is 29.2 Å². The fourth-order valence-electron chi connectivity index (χ4n) is 2.62. The molecule has 0 unspecified atom stereocenters. The van der Waals surface area contributed by atoms with Crippen molar-refractivity contribution in [2.45, 2.75) is 23.5 Å². The molecular weight excluding hydrogens is 536 g/mol. The number of thioether (sulfide) groups is 1. The number of aliphatic imine (C=N–C) groups is 1. The van der Waals surface area contributed by atoms with E-state index in [4.69, 9.17) is 0 Å². The summed E-state index contributed by atoms with van der Waals surface area (Å²) in [5, 5.41) is 6.37. The van der Waals surface area contributed by atoms with E-state index >= 15 is 0 Å². The summed E-state index contributed by atoms with van der Waals surface area (Å²) in [7, 11) is -1.43. The Bertz CT molecular complexity index is 864. The Hall–Kier alpha value is -1.33. The molecule has 0 saturated heterocycles. The molecule has 30 heavy (non-hydrogen) atoms. The number of halogens is 2. The fraction of sp³-hybridized carbons (Fsp3) is 0.381. The molecule has 2 aromatic carbocycles. The summed E-state index contributed by atoms with van der Waals surface area (Å²) in [6.45, 7) is 1.29. The van der Waals surface area contributed by atoms with Gasteiger partial charge in [0.15, 0.2) is 15.8 Å². The zero-order valence-electron chi connectivity index (χ0n) is 17.0. The molecule has 0 amide bonds. The summed E-state index contributed by atoms with van der Waals surface area (Å²) in [4.78, 5) is 5.20. The van der Waals surface area contributed by atoms with Crippen molar-refractivity contribution in [3.8, 4) is 0 Å². The van der Waals surface area contributed by atoms with Gasteiger partial charge in [-0.05, 0) is 48.4 Å². The van der Waals surface area contributed by atoms with Crippen LogP contribution < -0.4 is 10.6 Å². The molecule has 0 aliphatic carbocycles. The van der Waals surface area contributed by atoms with E-state index < -0.39 is 9.84 Å². The van der Waals surface area contributed by atoms with E-state index in [0.29, 0.717) is 18.9 Å². The summed E-state index contributed by atoms with van der Waals surface area (Å²) in [5.74, 6) is 1.57. The molecule has 0 saturated carbocycles. The van der Waals surface area contributed by atoms with Gasteiger partial charge in [-0.2, -0.15) is 0 Å². The van der Waals surface area contributed by atoms with Crippen molar-refractivity contribution >= 4 is 51.5 Å². The molecule has 0 aliphatic heterocycles. The van der Waals surface area contributed by atoms with Crippen molar-refractivity contribution in [1.82, 2.24) is 10.6 Å². The highest BCUT2D eigenvalue weighted by molar-refractivity contribution is 14.0. The normalized spacial score (nSPS) is 11.6. The largest absolute Gasteiger partial charge is 0.356 e. The van der Waals surface area contributed by atoms with Gasteiger partial charge in [-0.25, -0.2) is 12.8 Å². The monoisotopic (exact) mass is 565 g/mol. The van der Waals surface area contributed by atoms with Gasteiger partial charge < -0.3 is 10.6 Å². The highest BCUT2D eigenvalue weighted by atomic mass is 127. The molecule has 0 aliphatic rings. The summed E-state index contributed by atoms with van der Waals surface area (Å²) in [6, 6.07) is 15.7. The quantitative estimate of drug-likeness (QED) is 0.141. The number of nitrogens with one attached hydrogen (secondary N) is 2. The minimum absolute atomic E-state index is 0. The molecule has 0 spiro atoms. The molecule has 0 fully saturated rings. The molecule has 166 valence electrons. The SMILES string of the molecule is CN=C(NCCCSc1ccc(F)cc1)NCCCS(=O)(=O)Cc1ccccc1.I. The smallest absolute Gasteiger partial charge is 0.190 e. The van der Waals surface area contributed by atoms with Crippen LogP contribution >= 0.6 is 35.7 Å². The van der Waals surface area contributed by atoms with E-state index in [1.165, 1.54) is 12.1 Å². The van der Waals surface area contributed by atoms with Crippen LogP contribution in [0.2, 0.25) is 0 Å². The van der Waals surface area contributed by atoms with Crippen LogP contribution in [0.3, 0.4) is 0 Å². The number of sulfone groups is 1. The minimum atomic E-state index is -3.12. The maximum Gasteiger partial charge on any atom is 0.190 e. The summed E-state index contributed by atoms with van der Waals surface area (Å²) >= 11 is 1.68. The highest BCUT2D eigenvalue weighted by Crippen LogP contribution is 2.18. The predicted molar refractivity (Wildman–Crippen MR) is 135 cm³/mol. The Morgan fingerprint density at radius 2 is 1.63 bits per heavy atom. The second kappa shape index (κ2) is 14.6. The third-order valence-corrected chi connectivity index (χ3v) is 6.86. The Labute approximate surface area is 200 Å². The summed E-state index contributed by atoms with van der Waals surface area (Å²) < 4.78 is 37.3. The van der Waals surface area contributed by atoms with Crippen LogP contribution in [0.15, 0.2) is 64.5 Å². The summed E-state index contributed by atoms with van der Waals surface area (Å²) in [6.07, 6.45) is 1.45.